The Labute approximate surface area is 197 Å². The molecule has 1 aromatic heterocycles. The maximum absolute atomic E-state index is 12.9. The van der Waals surface area contributed by atoms with E-state index in [2.05, 4.69) is 33.1 Å². The summed E-state index contributed by atoms with van der Waals surface area (Å²) in [7, 11) is 3.78. The number of anilines is 3. The lowest BCUT2D eigenvalue weighted by Crippen LogP contribution is -2.27. The number of hydrogen-bond donors (Lipinski definition) is 3. The maximum Gasteiger partial charge on any atom is 0.259 e. The first kappa shape index (κ1) is 21.6. The standard InChI is InChI=1S/C27H25N5O2/c1-32(2)23-13-14-28-15-22(23)27(34)30-19-10-7-18(8-11-19)25-21-12-9-17-5-3-4-6-20(17)26(21)31-24(33)16-29-25/h3-15,25,29H,16H2,1-2H3,(H,30,34)(H,31,33). The molecule has 3 aromatic carbocycles. The van der Waals surface area contributed by atoms with Crippen molar-refractivity contribution in [3.63, 3.8) is 0 Å². The van der Waals surface area contributed by atoms with E-state index in [1.165, 1.54) is 0 Å². The molecule has 2 amide bonds. The molecule has 0 bridgehead atoms. The molecule has 0 spiro atoms. The third-order valence-corrected chi connectivity index (χ3v) is 6.03. The van der Waals surface area contributed by atoms with E-state index in [0.717, 1.165) is 33.3 Å². The van der Waals surface area contributed by atoms with E-state index in [9.17, 15) is 9.59 Å². The van der Waals surface area contributed by atoms with Gasteiger partial charge in [-0.1, -0.05) is 48.5 Å². The highest BCUT2D eigenvalue weighted by molar-refractivity contribution is 6.08. The van der Waals surface area contributed by atoms with E-state index >= 15 is 0 Å². The van der Waals surface area contributed by atoms with E-state index in [0.29, 0.717) is 11.3 Å². The molecule has 1 aliphatic heterocycles. The van der Waals surface area contributed by atoms with Gasteiger partial charge >= 0.3 is 0 Å². The van der Waals surface area contributed by atoms with Gasteiger partial charge in [0, 0.05) is 37.6 Å². The van der Waals surface area contributed by atoms with Gasteiger partial charge in [-0.2, -0.15) is 0 Å². The number of nitrogens with one attached hydrogen (secondary N) is 3. The van der Waals surface area contributed by atoms with Crippen LogP contribution in [-0.4, -0.2) is 37.4 Å². The van der Waals surface area contributed by atoms with Crippen molar-refractivity contribution in [1.82, 2.24) is 10.3 Å². The van der Waals surface area contributed by atoms with Crippen LogP contribution in [0, 0.1) is 0 Å². The Kier molecular flexibility index (Phi) is 5.69. The van der Waals surface area contributed by atoms with Crippen LogP contribution in [-0.2, 0) is 4.79 Å². The summed E-state index contributed by atoms with van der Waals surface area (Å²) >= 11 is 0. The average Bonchev–Trinajstić information content (AvgIpc) is 3.03. The van der Waals surface area contributed by atoms with E-state index in [-0.39, 0.29) is 24.4 Å². The Morgan fingerprint density at radius 3 is 2.62 bits per heavy atom. The molecule has 0 aliphatic carbocycles. The third kappa shape index (κ3) is 4.09. The molecule has 0 radical (unpaired) electrons. The second kappa shape index (κ2) is 8.96. The molecule has 7 heteroatoms. The van der Waals surface area contributed by atoms with Gasteiger partial charge in [-0.3, -0.25) is 19.9 Å². The molecule has 1 atom stereocenters. The van der Waals surface area contributed by atoms with Gasteiger partial charge in [-0.05, 0) is 34.7 Å². The Morgan fingerprint density at radius 2 is 1.82 bits per heavy atom. The fourth-order valence-corrected chi connectivity index (χ4v) is 4.36. The summed E-state index contributed by atoms with van der Waals surface area (Å²) in [6.45, 7) is 0.209. The number of benzene rings is 3. The Hall–Kier alpha value is -4.23. The van der Waals surface area contributed by atoms with Gasteiger partial charge in [-0.15, -0.1) is 0 Å². The molecule has 0 saturated carbocycles. The number of hydrogen-bond acceptors (Lipinski definition) is 5. The lowest BCUT2D eigenvalue weighted by molar-refractivity contribution is -0.115. The van der Waals surface area contributed by atoms with Crippen LogP contribution in [0.3, 0.4) is 0 Å². The number of aromatic nitrogens is 1. The van der Waals surface area contributed by atoms with Gasteiger partial charge in [0.2, 0.25) is 5.91 Å². The Morgan fingerprint density at radius 1 is 1.03 bits per heavy atom. The molecular weight excluding hydrogens is 426 g/mol. The number of carbonyl (C=O) groups excluding carboxylic acids is 2. The molecule has 1 aliphatic rings. The monoisotopic (exact) mass is 451 g/mol. The zero-order chi connectivity index (χ0) is 23.7. The molecule has 0 fully saturated rings. The smallest absolute Gasteiger partial charge is 0.259 e. The molecule has 1 unspecified atom stereocenters. The van der Waals surface area contributed by atoms with E-state index < -0.39 is 0 Å². The summed E-state index contributed by atoms with van der Waals surface area (Å²) in [5.41, 5.74) is 4.83. The van der Waals surface area contributed by atoms with Crippen LogP contribution in [0.5, 0.6) is 0 Å². The highest BCUT2D eigenvalue weighted by Gasteiger charge is 2.24. The van der Waals surface area contributed by atoms with E-state index in [1.807, 2.05) is 73.6 Å². The minimum absolute atomic E-state index is 0.0721. The van der Waals surface area contributed by atoms with Gasteiger partial charge < -0.3 is 15.5 Å². The topological polar surface area (TPSA) is 86.4 Å². The van der Waals surface area contributed by atoms with Crippen molar-refractivity contribution in [3.8, 4) is 0 Å². The molecule has 170 valence electrons. The Balaban J connectivity index is 1.44. The third-order valence-electron chi connectivity index (χ3n) is 6.03. The normalized spacial score (nSPS) is 15.2. The lowest BCUT2D eigenvalue weighted by atomic mass is 9.94. The summed E-state index contributed by atoms with van der Waals surface area (Å²) in [5, 5.41) is 11.5. The first-order valence-corrected chi connectivity index (χ1v) is 11.1. The number of pyridine rings is 1. The predicted octanol–water partition coefficient (Wildman–Crippen LogP) is 4.18. The minimum atomic E-state index is -0.219. The second-order valence-corrected chi connectivity index (χ2v) is 8.48. The van der Waals surface area contributed by atoms with E-state index in [4.69, 9.17) is 0 Å². The fourth-order valence-electron chi connectivity index (χ4n) is 4.36. The van der Waals surface area contributed by atoms with Crippen LogP contribution in [0.15, 0.2) is 79.1 Å². The number of fused-ring (bicyclic) bond motifs is 3. The molecule has 2 heterocycles. The van der Waals surface area contributed by atoms with Gasteiger partial charge in [0.1, 0.15) is 0 Å². The highest BCUT2D eigenvalue weighted by Crippen LogP contribution is 2.36. The molecule has 34 heavy (non-hydrogen) atoms. The van der Waals surface area contributed by atoms with Crippen molar-refractivity contribution in [2.45, 2.75) is 6.04 Å². The summed E-state index contributed by atoms with van der Waals surface area (Å²) < 4.78 is 0. The molecular formula is C27H25N5O2. The van der Waals surface area contributed by atoms with E-state index in [1.54, 1.807) is 12.4 Å². The van der Waals surface area contributed by atoms with Crippen molar-refractivity contribution in [2.75, 3.05) is 36.2 Å². The first-order chi connectivity index (χ1) is 16.5. The summed E-state index contributed by atoms with van der Waals surface area (Å²) in [6, 6.07) is 21.5. The van der Waals surface area contributed by atoms with Crippen LogP contribution < -0.4 is 20.9 Å². The maximum atomic E-state index is 12.9. The summed E-state index contributed by atoms with van der Waals surface area (Å²) in [6.07, 6.45) is 3.24. The van der Waals surface area contributed by atoms with Crippen molar-refractivity contribution >= 4 is 39.6 Å². The Bertz CT molecular complexity index is 1380. The largest absolute Gasteiger partial charge is 0.377 e. The lowest BCUT2D eigenvalue weighted by Gasteiger charge is -2.20. The van der Waals surface area contributed by atoms with Gasteiger partial charge in [0.15, 0.2) is 0 Å². The van der Waals surface area contributed by atoms with Gasteiger partial charge in [-0.25, -0.2) is 0 Å². The van der Waals surface area contributed by atoms with Crippen molar-refractivity contribution in [2.24, 2.45) is 0 Å². The molecule has 0 saturated heterocycles. The number of rotatable bonds is 4. The zero-order valence-corrected chi connectivity index (χ0v) is 19.0. The first-order valence-electron chi connectivity index (χ1n) is 11.1. The fraction of sp³-hybridized carbons (Fsp3) is 0.148. The zero-order valence-electron chi connectivity index (χ0n) is 19.0. The second-order valence-electron chi connectivity index (χ2n) is 8.48. The summed E-state index contributed by atoms with van der Waals surface area (Å²) in [5.74, 6) is -0.291. The van der Waals surface area contributed by atoms with Gasteiger partial charge in [0.25, 0.3) is 5.91 Å². The quantitative estimate of drug-likeness (QED) is 0.433. The molecule has 5 rings (SSSR count). The number of nitrogens with zero attached hydrogens (tertiary/aromatic N) is 2. The van der Waals surface area contributed by atoms with Crippen LogP contribution in [0.2, 0.25) is 0 Å². The average molecular weight is 452 g/mol. The van der Waals surface area contributed by atoms with Crippen LogP contribution in [0.25, 0.3) is 10.8 Å². The number of amides is 2. The highest BCUT2D eigenvalue weighted by atomic mass is 16.2. The van der Waals surface area contributed by atoms with Crippen molar-refractivity contribution < 1.29 is 9.59 Å². The SMILES string of the molecule is CN(C)c1ccncc1C(=O)Nc1ccc(C2NCC(=O)Nc3c2ccc2ccccc32)cc1. The van der Waals surface area contributed by atoms with Crippen LogP contribution in [0.1, 0.15) is 27.5 Å². The van der Waals surface area contributed by atoms with Crippen molar-refractivity contribution in [3.05, 3.63) is 95.8 Å². The summed E-state index contributed by atoms with van der Waals surface area (Å²) in [4.78, 5) is 31.3. The van der Waals surface area contributed by atoms with Gasteiger partial charge in [0.05, 0.1) is 29.5 Å². The molecule has 7 nitrogen and oxygen atoms in total. The van der Waals surface area contributed by atoms with Crippen LogP contribution in [0.4, 0.5) is 17.1 Å². The minimum Gasteiger partial charge on any atom is -0.377 e. The van der Waals surface area contributed by atoms with Crippen molar-refractivity contribution in [1.29, 1.82) is 0 Å². The number of carbonyl (C=O) groups is 2. The molecule has 4 aromatic rings. The predicted molar refractivity (Wildman–Crippen MR) is 135 cm³/mol. The van der Waals surface area contributed by atoms with Crippen LogP contribution >= 0.6 is 0 Å². The molecule has 3 N–H and O–H groups in total.